The molecule has 4 heterocycles. The van der Waals surface area contributed by atoms with Gasteiger partial charge in [-0.2, -0.15) is 0 Å². The van der Waals surface area contributed by atoms with Crippen molar-refractivity contribution in [3.8, 4) is 11.5 Å². The third-order valence-electron chi connectivity index (χ3n) is 5.94. The summed E-state index contributed by atoms with van der Waals surface area (Å²) in [6.07, 6.45) is 3.96. The van der Waals surface area contributed by atoms with Gasteiger partial charge >= 0.3 is 6.09 Å². The van der Waals surface area contributed by atoms with Crippen LogP contribution in [0.4, 0.5) is 10.6 Å². The minimum Gasteiger partial charge on any atom is -0.504 e. The lowest BCUT2D eigenvalue weighted by atomic mass is 10.0. The Balaban J connectivity index is 1.50. The van der Waals surface area contributed by atoms with Gasteiger partial charge in [0.1, 0.15) is 17.0 Å². The van der Waals surface area contributed by atoms with Crippen LogP contribution in [0.25, 0.3) is 22.7 Å². The maximum Gasteiger partial charge on any atom is 0.404 e. The first-order chi connectivity index (χ1) is 16.0. The van der Waals surface area contributed by atoms with Crippen molar-refractivity contribution in [1.29, 1.82) is 0 Å². The van der Waals surface area contributed by atoms with Crippen molar-refractivity contribution in [3.63, 3.8) is 0 Å². The molecule has 3 N–H and O–H groups in total. The number of benzene rings is 1. The molecule has 5 rings (SSSR count). The topological polar surface area (TPSA) is 133 Å². The van der Waals surface area contributed by atoms with Crippen molar-refractivity contribution in [2.45, 2.75) is 25.4 Å². The van der Waals surface area contributed by atoms with Crippen molar-refractivity contribution < 1.29 is 24.2 Å². The van der Waals surface area contributed by atoms with E-state index in [9.17, 15) is 9.90 Å². The van der Waals surface area contributed by atoms with Gasteiger partial charge in [0.15, 0.2) is 17.3 Å². The lowest BCUT2D eigenvalue weighted by molar-refractivity contribution is 0.159. The molecule has 0 unspecified atom stereocenters. The molecule has 3 aromatic rings. The number of methoxy groups -OCH3 is 1. The van der Waals surface area contributed by atoms with Crippen LogP contribution in [0.15, 0.2) is 45.1 Å². The summed E-state index contributed by atoms with van der Waals surface area (Å²) in [7, 11) is 1.59. The van der Waals surface area contributed by atoms with Gasteiger partial charge in [0, 0.05) is 37.0 Å². The second-order valence-electron chi connectivity index (χ2n) is 8.07. The second kappa shape index (κ2) is 8.55. The summed E-state index contributed by atoms with van der Waals surface area (Å²) in [6.45, 7) is 1.90. The molecule has 2 aliphatic heterocycles. The Morgan fingerprint density at radius 1 is 1.36 bits per heavy atom. The molecule has 1 amide bonds. The highest BCUT2D eigenvalue weighted by Crippen LogP contribution is 2.41. The second-order valence-corrected chi connectivity index (χ2v) is 8.07. The van der Waals surface area contributed by atoms with Crippen molar-refractivity contribution in [2.24, 2.45) is 10.2 Å². The van der Waals surface area contributed by atoms with Crippen LogP contribution in [0.1, 0.15) is 29.7 Å². The summed E-state index contributed by atoms with van der Waals surface area (Å²) < 4.78 is 11.7. The molecule has 1 atom stereocenters. The van der Waals surface area contributed by atoms with E-state index < -0.39 is 6.09 Å². The molecule has 0 radical (unpaired) electrons. The van der Waals surface area contributed by atoms with E-state index in [0.717, 1.165) is 30.5 Å². The number of aromatic hydroxyl groups is 1. The maximum atomic E-state index is 11.1. The molecule has 0 bridgehead atoms. The summed E-state index contributed by atoms with van der Waals surface area (Å²) in [5.41, 5.74) is 2.63. The number of fused-ring (bicyclic) bond motifs is 2. The third kappa shape index (κ3) is 4.00. The number of ether oxygens (including phenoxy) is 1. The fraction of sp³-hybridized carbons (Fsp3) is 0.304. The Hall–Kier alpha value is -3.92. The van der Waals surface area contributed by atoms with Gasteiger partial charge in [-0.3, -0.25) is 4.90 Å². The lowest BCUT2D eigenvalue weighted by Gasteiger charge is -2.32. The summed E-state index contributed by atoms with van der Waals surface area (Å²) >= 11 is 0. The number of piperidine rings is 1. The lowest BCUT2D eigenvalue weighted by Crippen LogP contribution is -2.46. The number of hydrogen-bond acceptors (Lipinski definition) is 8. The van der Waals surface area contributed by atoms with Crippen LogP contribution in [0, 0.1) is 0 Å². The van der Waals surface area contributed by atoms with Gasteiger partial charge in [0.25, 0.3) is 0 Å². The number of hydrogen-bond donors (Lipinski definition) is 3. The highest BCUT2D eigenvalue weighted by Gasteiger charge is 2.25. The van der Waals surface area contributed by atoms with E-state index in [-0.39, 0.29) is 17.6 Å². The zero-order chi connectivity index (χ0) is 22.9. The van der Waals surface area contributed by atoms with Gasteiger partial charge in [0.2, 0.25) is 0 Å². The van der Waals surface area contributed by atoms with E-state index in [1.807, 2.05) is 6.07 Å². The van der Waals surface area contributed by atoms with Crippen LogP contribution in [0.3, 0.4) is 0 Å². The third-order valence-corrected chi connectivity index (χ3v) is 5.94. The number of nitrogens with zero attached hydrogens (tertiary/aromatic N) is 4. The number of carbonyl (C=O) groups is 1. The van der Waals surface area contributed by atoms with E-state index in [4.69, 9.17) is 14.3 Å². The van der Waals surface area contributed by atoms with Crippen LogP contribution in [0.5, 0.6) is 11.5 Å². The van der Waals surface area contributed by atoms with E-state index in [1.165, 1.54) is 0 Å². The average Bonchev–Trinajstić information content (AvgIpc) is 3.35. The first kappa shape index (κ1) is 21.0. The van der Waals surface area contributed by atoms with Crippen molar-refractivity contribution in [3.05, 3.63) is 47.3 Å². The number of pyridine rings is 1. The fourth-order valence-electron chi connectivity index (χ4n) is 4.42. The maximum absolute atomic E-state index is 11.1. The Bertz CT molecular complexity index is 1280. The summed E-state index contributed by atoms with van der Waals surface area (Å²) in [4.78, 5) is 17.4. The molecule has 1 saturated heterocycles. The highest BCUT2D eigenvalue weighted by atomic mass is 16.5. The zero-order valence-electron chi connectivity index (χ0n) is 18.0. The zero-order valence-corrected chi connectivity index (χ0v) is 18.0. The summed E-state index contributed by atoms with van der Waals surface area (Å²) in [6, 6.07) is 7.09. The fourth-order valence-corrected chi connectivity index (χ4v) is 4.42. The van der Waals surface area contributed by atoms with Crippen LogP contribution >= 0.6 is 0 Å². The number of nitrogens with one attached hydrogen (secondary N) is 1. The Labute approximate surface area is 189 Å². The van der Waals surface area contributed by atoms with Crippen molar-refractivity contribution in [1.82, 2.24) is 15.2 Å². The van der Waals surface area contributed by atoms with Gasteiger partial charge in [-0.1, -0.05) is 0 Å². The van der Waals surface area contributed by atoms with Crippen LogP contribution in [-0.4, -0.2) is 52.4 Å². The number of likely N-dealkylation sites (tertiary alicyclic amines) is 1. The normalized spacial score (nSPS) is 19.2. The minimum absolute atomic E-state index is 0.0120. The molecule has 2 aliphatic rings. The average molecular weight is 449 g/mol. The van der Waals surface area contributed by atoms with Gasteiger partial charge in [0.05, 0.1) is 18.1 Å². The molecular formula is C23H23N5O5. The molecule has 10 heteroatoms. The smallest absolute Gasteiger partial charge is 0.404 e. The molecule has 1 aromatic carbocycles. The quantitative estimate of drug-likeness (QED) is 0.527. The van der Waals surface area contributed by atoms with E-state index >= 15 is 0 Å². The number of azo groups is 1. The summed E-state index contributed by atoms with van der Waals surface area (Å²) in [5, 5.41) is 31.3. The monoisotopic (exact) mass is 449 g/mol. The number of rotatable bonds is 5. The molecule has 0 saturated carbocycles. The first-order valence-corrected chi connectivity index (χ1v) is 10.7. The van der Waals surface area contributed by atoms with Gasteiger partial charge in [-0.25, -0.2) is 9.78 Å². The first-order valence-electron chi connectivity index (χ1n) is 10.7. The predicted octanol–water partition coefficient (Wildman–Crippen LogP) is 4.37. The largest absolute Gasteiger partial charge is 0.504 e. The number of carboxylic acid groups (broad SMARTS) is 1. The van der Waals surface area contributed by atoms with Crippen molar-refractivity contribution in [2.75, 3.05) is 20.2 Å². The number of furan rings is 1. The molecule has 1 fully saturated rings. The number of amides is 1. The van der Waals surface area contributed by atoms with Crippen LogP contribution in [-0.2, 0) is 6.54 Å². The molecule has 10 nitrogen and oxygen atoms in total. The Kier molecular flexibility index (Phi) is 5.43. The number of aromatic nitrogens is 1. The van der Waals surface area contributed by atoms with Crippen molar-refractivity contribution >= 4 is 34.7 Å². The van der Waals surface area contributed by atoms with E-state index in [1.54, 1.807) is 37.6 Å². The standard InChI is InChI=1S/C23H23N5O5/c1-32-18-7-6-15-20(29)19(10-17-14-5-2-8-24-22(14)27-26-17)33-21(15)16(18)12-28-9-3-4-13(11-28)25-23(30)31/h2,5-8,10,13,25,29H,3-4,9,11-12H2,1H3,(H,30,31)/t13-/m0/s1. The molecule has 33 heavy (non-hydrogen) atoms. The molecule has 0 aliphatic carbocycles. The molecular weight excluding hydrogens is 426 g/mol. The molecule has 170 valence electrons. The summed E-state index contributed by atoms with van der Waals surface area (Å²) in [5.74, 6) is 1.45. The van der Waals surface area contributed by atoms with Gasteiger partial charge in [-0.05, 0) is 43.7 Å². The van der Waals surface area contributed by atoms with E-state index in [0.29, 0.717) is 41.3 Å². The van der Waals surface area contributed by atoms with Gasteiger partial charge in [-0.15, -0.1) is 10.2 Å². The Morgan fingerprint density at radius 2 is 2.24 bits per heavy atom. The molecule has 0 spiro atoms. The highest BCUT2D eigenvalue weighted by molar-refractivity contribution is 5.94. The predicted molar refractivity (Wildman–Crippen MR) is 121 cm³/mol. The van der Waals surface area contributed by atoms with Crippen LogP contribution < -0.4 is 10.1 Å². The van der Waals surface area contributed by atoms with E-state index in [2.05, 4.69) is 25.4 Å². The van der Waals surface area contributed by atoms with Crippen LogP contribution in [0.2, 0.25) is 0 Å². The van der Waals surface area contributed by atoms with Gasteiger partial charge < -0.3 is 24.7 Å². The minimum atomic E-state index is -1.02. The Morgan fingerprint density at radius 3 is 3.06 bits per heavy atom. The SMILES string of the molecule is COc1ccc2c(O)c(C=C3N=Nc4ncccc43)oc2c1CN1CCC[C@H](NC(=O)O)C1. The molecule has 2 aromatic heterocycles.